The molecule has 2 aromatic rings. The number of nitrogens with zero attached hydrogens (tertiary/aromatic N) is 3. The number of hydrogen-bond donors (Lipinski definition) is 0. The molecular weight excluding hydrogens is 441 g/mol. The van der Waals surface area contributed by atoms with E-state index in [1.807, 2.05) is 24.3 Å². The van der Waals surface area contributed by atoms with E-state index in [4.69, 9.17) is 14.2 Å². The fourth-order valence-electron chi connectivity index (χ4n) is 3.30. The quantitative estimate of drug-likeness (QED) is 0.635. The van der Waals surface area contributed by atoms with Crippen molar-refractivity contribution < 1.29 is 19.0 Å². The molecule has 0 spiro atoms. The van der Waals surface area contributed by atoms with Crippen LogP contribution >= 0.6 is 24.8 Å². The Balaban J connectivity index is 0.00000240. The first-order chi connectivity index (χ1) is 14.0. The minimum Gasteiger partial charge on any atom is -0.497 e. The Morgan fingerprint density at radius 3 is 2.10 bits per heavy atom. The van der Waals surface area contributed by atoms with Gasteiger partial charge in [0.25, 0.3) is 0 Å². The van der Waals surface area contributed by atoms with E-state index in [1.165, 1.54) is 10.6 Å². The van der Waals surface area contributed by atoms with E-state index in [-0.39, 0.29) is 24.8 Å². The maximum absolute atomic E-state index is 11.8. The molecule has 3 rings (SSSR count). The predicted molar refractivity (Wildman–Crippen MR) is 128 cm³/mol. The second-order valence-corrected chi connectivity index (χ2v) is 7.21. The monoisotopic (exact) mass is 471 g/mol. The maximum atomic E-state index is 11.8. The van der Waals surface area contributed by atoms with Crippen molar-refractivity contribution in [1.82, 2.24) is 9.80 Å². The number of anilines is 1. The van der Waals surface area contributed by atoms with Gasteiger partial charge in [-0.05, 0) is 42.0 Å². The number of carbonyl (C=O) groups is 1. The highest BCUT2D eigenvalue weighted by molar-refractivity contribution is 5.85. The van der Waals surface area contributed by atoms with Crippen molar-refractivity contribution in [3.63, 3.8) is 0 Å². The second-order valence-electron chi connectivity index (χ2n) is 7.21. The number of halogens is 2. The van der Waals surface area contributed by atoms with Gasteiger partial charge in [0.15, 0.2) is 11.5 Å². The summed E-state index contributed by atoms with van der Waals surface area (Å²) in [5.74, 6) is 1.87. The largest absolute Gasteiger partial charge is 0.497 e. The Hall–Kier alpha value is -2.35. The first kappa shape index (κ1) is 26.7. The van der Waals surface area contributed by atoms with Gasteiger partial charge in [0.2, 0.25) is 0 Å². The van der Waals surface area contributed by atoms with Gasteiger partial charge in [0.1, 0.15) is 5.75 Å². The minimum absolute atomic E-state index is 0. The summed E-state index contributed by atoms with van der Waals surface area (Å²) in [5.41, 5.74) is 2.35. The van der Waals surface area contributed by atoms with E-state index in [0.717, 1.165) is 44.0 Å². The number of amides is 1. The number of rotatable bonds is 6. The lowest BCUT2D eigenvalue weighted by molar-refractivity contribution is 0.170. The molecule has 9 heteroatoms. The Morgan fingerprint density at radius 2 is 1.55 bits per heavy atom. The summed E-state index contributed by atoms with van der Waals surface area (Å²) in [6.45, 7) is 4.73. The van der Waals surface area contributed by atoms with Gasteiger partial charge in [0.05, 0.1) is 14.2 Å². The van der Waals surface area contributed by atoms with E-state index in [2.05, 4.69) is 21.9 Å². The summed E-state index contributed by atoms with van der Waals surface area (Å²) >= 11 is 0. The van der Waals surface area contributed by atoms with Gasteiger partial charge in [-0.1, -0.05) is 6.07 Å². The molecule has 2 aromatic carbocycles. The maximum Gasteiger partial charge on any atom is 0.414 e. The molecule has 0 radical (unpaired) electrons. The van der Waals surface area contributed by atoms with Gasteiger partial charge in [-0.25, -0.2) is 4.79 Å². The van der Waals surface area contributed by atoms with Crippen LogP contribution < -0.4 is 19.1 Å². The van der Waals surface area contributed by atoms with Gasteiger partial charge in [-0.3, -0.25) is 4.90 Å². The average molecular weight is 472 g/mol. The number of hydrogen-bond acceptors (Lipinski definition) is 6. The highest BCUT2D eigenvalue weighted by atomic mass is 35.5. The molecule has 1 heterocycles. The molecule has 1 aliphatic heterocycles. The van der Waals surface area contributed by atoms with Crippen LogP contribution in [-0.2, 0) is 6.54 Å². The zero-order chi connectivity index (χ0) is 20.8. The number of piperazine rings is 1. The molecule has 0 unspecified atom stereocenters. The fourth-order valence-corrected chi connectivity index (χ4v) is 3.30. The van der Waals surface area contributed by atoms with E-state index in [0.29, 0.717) is 11.5 Å². The van der Waals surface area contributed by atoms with Crippen LogP contribution in [0.25, 0.3) is 0 Å². The third-order valence-electron chi connectivity index (χ3n) is 5.01. The first-order valence-electron chi connectivity index (χ1n) is 9.67. The molecule has 0 N–H and O–H groups in total. The molecule has 31 heavy (non-hydrogen) atoms. The van der Waals surface area contributed by atoms with Gasteiger partial charge >= 0.3 is 6.09 Å². The molecule has 172 valence electrons. The standard InChI is InChI=1S/C22H29N3O4.2ClH/c1-23(2)22(26)29-20-10-5-17(15-21(20)28-4)16-24-11-13-25(14-12-24)18-6-8-19(27-3)9-7-18;;/h5-10,15H,11-14,16H2,1-4H3;2*1H. The zero-order valence-corrected chi connectivity index (χ0v) is 20.0. The van der Waals surface area contributed by atoms with Crippen molar-refractivity contribution in [3.8, 4) is 17.2 Å². The van der Waals surface area contributed by atoms with Gasteiger partial charge in [0, 0.05) is 52.5 Å². The molecule has 0 saturated carbocycles. The first-order valence-corrected chi connectivity index (χ1v) is 9.67. The van der Waals surface area contributed by atoms with Crippen LogP contribution in [0.3, 0.4) is 0 Å². The van der Waals surface area contributed by atoms with Crippen LogP contribution in [0.15, 0.2) is 42.5 Å². The molecular formula is C22H31Cl2N3O4. The molecule has 0 bridgehead atoms. The van der Waals surface area contributed by atoms with Crippen LogP contribution in [0.5, 0.6) is 17.2 Å². The molecule has 0 aromatic heterocycles. The molecule has 1 amide bonds. The van der Waals surface area contributed by atoms with Crippen LogP contribution in [0.2, 0.25) is 0 Å². The van der Waals surface area contributed by atoms with Gasteiger partial charge in [-0.15, -0.1) is 24.8 Å². The van der Waals surface area contributed by atoms with E-state index < -0.39 is 6.09 Å². The highest BCUT2D eigenvalue weighted by Gasteiger charge is 2.19. The van der Waals surface area contributed by atoms with E-state index in [1.54, 1.807) is 34.4 Å². The van der Waals surface area contributed by atoms with Crippen molar-refractivity contribution in [1.29, 1.82) is 0 Å². The normalized spacial score (nSPS) is 13.5. The van der Waals surface area contributed by atoms with Crippen molar-refractivity contribution in [2.45, 2.75) is 6.54 Å². The lowest BCUT2D eigenvalue weighted by atomic mass is 10.1. The van der Waals surface area contributed by atoms with Crippen LogP contribution in [0.4, 0.5) is 10.5 Å². The summed E-state index contributed by atoms with van der Waals surface area (Å²) < 4.78 is 16.0. The number of benzene rings is 2. The Labute approximate surface area is 196 Å². The average Bonchev–Trinajstić information content (AvgIpc) is 2.75. The molecule has 7 nitrogen and oxygen atoms in total. The number of carbonyl (C=O) groups excluding carboxylic acids is 1. The highest BCUT2D eigenvalue weighted by Crippen LogP contribution is 2.29. The topological polar surface area (TPSA) is 54.5 Å². The van der Waals surface area contributed by atoms with Crippen LogP contribution in [0.1, 0.15) is 5.56 Å². The van der Waals surface area contributed by atoms with E-state index >= 15 is 0 Å². The second kappa shape index (κ2) is 12.5. The molecule has 1 fully saturated rings. The van der Waals surface area contributed by atoms with Gasteiger partial charge < -0.3 is 24.0 Å². The fraction of sp³-hybridized carbons (Fsp3) is 0.409. The SMILES string of the molecule is COc1ccc(N2CCN(Cc3ccc(OC(=O)N(C)C)c(OC)c3)CC2)cc1.Cl.Cl. The molecule has 1 aliphatic rings. The molecule has 0 aliphatic carbocycles. The third kappa shape index (κ3) is 7.09. The van der Waals surface area contributed by atoms with E-state index in [9.17, 15) is 4.79 Å². The third-order valence-corrected chi connectivity index (χ3v) is 5.01. The predicted octanol–water partition coefficient (Wildman–Crippen LogP) is 3.93. The van der Waals surface area contributed by atoms with Gasteiger partial charge in [-0.2, -0.15) is 0 Å². The zero-order valence-electron chi connectivity index (χ0n) is 18.4. The van der Waals surface area contributed by atoms with Crippen molar-refractivity contribution in [3.05, 3.63) is 48.0 Å². The smallest absolute Gasteiger partial charge is 0.414 e. The number of methoxy groups -OCH3 is 2. The lowest BCUT2D eigenvalue weighted by Crippen LogP contribution is -2.45. The van der Waals surface area contributed by atoms with Crippen molar-refractivity contribution in [2.75, 3.05) is 59.4 Å². The Kier molecular flexibility index (Phi) is 10.8. The lowest BCUT2D eigenvalue weighted by Gasteiger charge is -2.36. The molecule has 1 saturated heterocycles. The summed E-state index contributed by atoms with van der Waals surface area (Å²) in [4.78, 5) is 18.0. The summed E-state index contributed by atoms with van der Waals surface area (Å²) in [6, 6.07) is 13.9. The Morgan fingerprint density at radius 1 is 0.903 bits per heavy atom. The summed E-state index contributed by atoms with van der Waals surface area (Å²) in [7, 11) is 6.56. The Bertz CT molecular complexity index is 826. The summed E-state index contributed by atoms with van der Waals surface area (Å²) in [5, 5.41) is 0. The number of ether oxygens (including phenoxy) is 3. The molecule has 0 atom stereocenters. The van der Waals surface area contributed by atoms with Crippen molar-refractivity contribution >= 4 is 36.6 Å². The van der Waals surface area contributed by atoms with Crippen LogP contribution in [0, 0.1) is 0 Å². The minimum atomic E-state index is -0.425. The summed E-state index contributed by atoms with van der Waals surface area (Å²) in [6.07, 6.45) is -0.425. The van der Waals surface area contributed by atoms with Crippen molar-refractivity contribution in [2.24, 2.45) is 0 Å². The van der Waals surface area contributed by atoms with Crippen LogP contribution in [-0.4, -0.2) is 70.4 Å².